The molecule has 2 fully saturated rings. The first-order valence-corrected chi connectivity index (χ1v) is 9.14. The maximum absolute atomic E-state index is 12.7. The molecule has 2 unspecified atom stereocenters. The first kappa shape index (κ1) is 17.1. The average Bonchev–Trinajstić information content (AvgIpc) is 3.54. The molecule has 2 aliphatic rings. The van der Waals surface area contributed by atoms with E-state index in [-0.39, 0.29) is 18.0 Å². The minimum Gasteiger partial charge on any atom is -0.496 e. The molecule has 5 nitrogen and oxygen atoms in total. The van der Waals surface area contributed by atoms with Gasteiger partial charge in [0.05, 0.1) is 7.11 Å². The molecular formula is C21H24N2O3. The number of rotatable bonds is 5. The summed E-state index contributed by atoms with van der Waals surface area (Å²) in [4.78, 5) is 12.7. The van der Waals surface area contributed by atoms with E-state index in [1.807, 2.05) is 12.1 Å². The van der Waals surface area contributed by atoms with Gasteiger partial charge < -0.3 is 20.1 Å². The lowest BCUT2D eigenvalue weighted by Gasteiger charge is -2.32. The summed E-state index contributed by atoms with van der Waals surface area (Å²) in [7, 11) is 1.56. The average molecular weight is 352 g/mol. The molecule has 2 aromatic rings. The quantitative estimate of drug-likeness (QED) is 0.639. The van der Waals surface area contributed by atoms with Crippen molar-refractivity contribution in [3.8, 4) is 5.75 Å². The van der Waals surface area contributed by atoms with Gasteiger partial charge >= 0.3 is 5.97 Å². The molecule has 5 heteroatoms. The Morgan fingerprint density at radius 3 is 2.50 bits per heavy atom. The Bertz CT molecular complexity index is 771. The molecule has 0 bridgehead atoms. The molecule has 0 saturated carbocycles. The lowest BCUT2D eigenvalue weighted by molar-refractivity contribution is 0.0179. The van der Waals surface area contributed by atoms with Gasteiger partial charge in [0, 0.05) is 25.0 Å². The zero-order valence-electron chi connectivity index (χ0n) is 14.9. The highest BCUT2D eigenvalue weighted by Crippen LogP contribution is 2.31. The third kappa shape index (κ3) is 3.59. The summed E-state index contributed by atoms with van der Waals surface area (Å²) >= 11 is 0. The van der Waals surface area contributed by atoms with Gasteiger partial charge in [-0.2, -0.15) is 0 Å². The second-order valence-electron chi connectivity index (χ2n) is 6.87. The molecule has 2 aliphatic heterocycles. The second kappa shape index (κ2) is 7.48. The van der Waals surface area contributed by atoms with Crippen molar-refractivity contribution in [1.29, 1.82) is 0 Å². The number of carbonyl (C=O) groups is 1. The monoisotopic (exact) mass is 352 g/mol. The van der Waals surface area contributed by atoms with Gasteiger partial charge in [0.1, 0.15) is 17.4 Å². The number of carbonyl (C=O) groups excluding carboxylic acids is 1. The Morgan fingerprint density at radius 2 is 1.77 bits per heavy atom. The molecule has 2 N–H and O–H groups in total. The standard InChI is InChI=1S/C21H24N2O3/c1-25-19-5-3-2-4-17(19)21(24)26-20-13-22-11-10-16(20)14-6-8-15(9-7-14)18-12-23-18/h2-9,16,18,20,22-23H,10-13H2,1H3/t16?,18?,20-/m0/s1. The molecule has 2 heterocycles. The smallest absolute Gasteiger partial charge is 0.342 e. The first-order valence-electron chi connectivity index (χ1n) is 9.14. The molecular weight excluding hydrogens is 328 g/mol. The zero-order valence-corrected chi connectivity index (χ0v) is 14.9. The number of para-hydroxylation sites is 1. The first-order chi connectivity index (χ1) is 12.8. The summed E-state index contributed by atoms with van der Waals surface area (Å²) in [5.74, 6) is 0.412. The van der Waals surface area contributed by atoms with Crippen molar-refractivity contribution in [1.82, 2.24) is 10.6 Å². The van der Waals surface area contributed by atoms with Crippen LogP contribution in [0.15, 0.2) is 48.5 Å². The summed E-state index contributed by atoms with van der Waals surface area (Å²) in [6.45, 7) is 2.66. The van der Waals surface area contributed by atoms with Crippen LogP contribution >= 0.6 is 0 Å². The number of hydrogen-bond donors (Lipinski definition) is 2. The third-order valence-electron chi connectivity index (χ3n) is 5.19. The van der Waals surface area contributed by atoms with Crippen LogP contribution in [0, 0.1) is 0 Å². The van der Waals surface area contributed by atoms with E-state index in [1.165, 1.54) is 11.1 Å². The maximum atomic E-state index is 12.7. The molecule has 2 saturated heterocycles. The molecule has 2 aromatic carbocycles. The fraction of sp³-hybridized carbons (Fsp3) is 0.381. The molecule has 0 amide bonds. The highest BCUT2D eigenvalue weighted by atomic mass is 16.5. The van der Waals surface area contributed by atoms with Crippen LogP contribution in [0.3, 0.4) is 0 Å². The van der Waals surface area contributed by atoms with Gasteiger partial charge in [0.15, 0.2) is 0 Å². The molecule has 26 heavy (non-hydrogen) atoms. The van der Waals surface area contributed by atoms with Gasteiger partial charge in [0.25, 0.3) is 0 Å². The third-order valence-corrected chi connectivity index (χ3v) is 5.19. The van der Waals surface area contributed by atoms with Gasteiger partial charge in [-0.1, -0.05) is 36.4 Å². The normalized spacial score (nSPS) is 24.7. The van der Waals surface area contributed by atoms with Gasteiger partial charge in [-0.05, 0) is 36.2 Å². The van der Waals surface area contributed by atoms with Gasteiger partial charge in [0.2, 0.25) is 0 Å². The molecule has 136 valence electrons. The molecule has 0 aliphatic carbocycles. The number of ether oxygens (including phenoxy) is 2. The molecule has 0 radical (unpaired) electrons. The number of nitrogens with one attached hydrogen (secondary N) is 2. The van der Waals surface area contributed by atoms with E-state index in [0.717, 1.165) is 19.5 Å². The van der Waals surface area contributed by atoms with E-state index < -0.39 is 0 Å². The lowest BCUT2D eigenvalue weighted by Crippen LogP contribution is -2.42. The Balaban J connectivity index is 1.50. The van der Waals surface area contributed by atoms with Crippen molar-refractivity contribution in [3.05, 3.63) is 65.2 Å². The fourth-order valence-electron chi connectivity index (χ4n) is 3.62. The summed E-state index contributed by atoms with van der Waals surface area (Å²) in [5, 5.41) is 6.66. The van der Waals surface area contributed by atoms with Crippen LogP contribution in [0.4, 0.5) is 0 Å². The predicted octanol–water partition coefficient (Wildman–Crippen LogP) is 2.64. The Kier molecular flexibility index (Phi) is 4.91. The molecule has 3 atom stereocenters. The van der Waals surface area contributed by atoms with E-state index in [0.29, 0.717) is 23.9 Å². The second-order valence-corrected chi connectivity index (χ2v) is 6.87. The predicted molar refractivity (Wildman–Crippen MR) is 99.6 cm³/mol. The van der Waals surface area contributed by atoms with Crippen LogP contribution in [0.25, 0.3) is 0 Å². The van der Waals surface area contributed by atoms with Crippen molar-refractivity contribution in [2.24, 2.45) is 0 Å². The maximum Gasteiger partial charge on any atom is 0.342 e. The molecule has 4 rings (SSSR count). The van der Waals surface area contributed by atoms with Crippen LogP contribution < -0.4 is 15.4 Å². The Labute approximate surface area is 153 Å². The van der Waals surface area contributed by atoms with E-state index in [9.17, 15) is 4.79 Å². The highest BCUT2D eigenvalue weighted by Gasteiger charge is 2.31. The summed E-state index contributed by atoms with van der Waals surface area (Å²) in [6, 6.07) is 16.4. The van der Waals surface area contributed by atoms with Gasteiger partial charge in [-0.3, -0.25) is 0 Å². The van der Waals surface area contributed by atoms with Gasteiger partial charge in [-0.25, -0.2) is 4.79 Å². The topological polar surface area (TPSA) is 69.5 Å². The van der Waals surface area contributed by atoms with Gasteiger partial charge in [-0.15, -0.1) is 0 Å². The minimum atomic E-state index is -0.333. The largest absolute Gasteiger partial charge is 0.496 e. The highest BCUT2D eigenvalue weighted by molar-refractivity contribution is 5.92. The van der Waals surface area contributed by atoms with Crippen LogP contribution in [-0.2, 0) is 4.74 Å². The molecule has 0 spiro atoms. The van der Waals surface area contributed by atoms with E-state index in [2.05, 4.69) is 34.9 Å². The van der Waals surface area contributed by atoms with Crippen LogP contribution in [0.1, 0.15) is 39.9 Å². The van der Waals surface area contributed by atoms with Crippen molar-refractivity contribution in [2.45, 2.75) is 24.5 Å². The number of methoxy groups -OCH3 is 1. The number of hydrogen-bond acceptors (Lipinski definition) is 5. The van der Waals surface area contributed by atoms with Crippen molar-refractivity contribution in [2.75, 3.05) is 26.7 Å². The van der Waals surface area contributed by atoms with Crippen molar-refractivity contribution in [3.63, 3.8) is 0 Å². The lowest BCUT2D eigenvalue weighted by atomic mass is 9.87. The summed E-state index contributed by atoms with van der Waals surface area (Å²) in [6.07, 6.45) is 0.760. The van der Waals surface area contributed by atoms with Crippen molar-refractivity contribution < 1.29 is 14.3 Å². The fourth-order valence-corrected chi connectivity index (χ4v) is 3.62. The SMILES string of the molecule is COc1ccccc1C(=O)O[C@H]1CNCCC1c1ccc(C2CN2)cc1. The van der Waals surface area contributed by atoms with E-state index in [4.69, 9.17) is 9.47 Å². The van der Waals surface area contributed by atoms with Crippen molar-refractivity contribution >= 4 is 5.97 Å². The van der Waals surface area contributed by atoms with Crippen LogP contribution in [0.2, 0.25) is 0 Å². The van der Waals surface area contributed by atoms with Crippen LogP contribution in [0.5, 0.6) is 5.75 Å². The zero-order chi connectivity index (χ0) is 17.9. The minimum absolute atomic E-state index is 0.189. The number of esters is 1. The van der Waals surface area contributed by atoms with Crippen LogP contribution in [-0.4, -0.2) is 38.8 Å². The summed E-state index contributed by atoms with van der Waals surface area (Å²) < 4.78 is 11.2. The number of benzene rings is 2. The Morgan fingerprint density at radius 1 is 1.04 bits per heavy atom. The summed E-state index contributed by atoms with van der Waals surface area (Å²) in [5.41, 5.74) is 3.02. The Hall–Kier alpha value is -2.37. The van der Waals surface area contributed by atoms with E-state index in [1.54, 1.807) is 19.2 Å². The molecule has 0 aromatic heterocycles. The number of piperidine rings is 1. The van der Waals surface area contributed by atoms with E-state index >= 15 is 0 Å².